The van der Waals surface area contributed by atoms with Crippen LogP contribution in [0.4, 0.5) is 4.39 Å². The van der Waals surface area contributed by atoms with Gasteiger partial charge in [-0.25, -0.2) is 4.39 Å². The lowest BCUT2D eigenvalue weighted by Crippen LogP contribution is -2.28. The molecule has 3 atom stereocenters. The van der Waals surface area contributed by atoms with Crippen molar-refractivity contribution < 1.29 is 13.7 Å². The second-order valence-corrected chi connectivity index (χ2v) is 7.54. The van der Waals surface area contributed by atoms with E-state index in [2.05, 4.69) is 6.92 Å². The van der Waals surface area contributed by atoms with Gasteiger partial charge in [-0.3, -0.25) is 9.11 Å². The molecule has 1 N–H and O–H groups in total. The highest BCUT2D eigenvalue weighted by Crippen LogP contribution is 2.24. The van der Waals surface area contributed by atoms with E-state index in [0.29, 0.717) is 6.54 Å². The summed E-state index contributed by atoms with van der Waals surface area (Å²) in [5.74, 6) is -0.293. The molecule has 0 heterocycles. The van der Waals surface area contributed by atoms with Crippen molar-refractivity contribution in [2.75, 3.05) is 19.8 Å². The Morgan fingerprint density at radius 1 is 1.21 bits per heavy atom. The Balaban J connectivity index is 2.07. The molecule has 0 aromatic heterocycles. The molecular weight excluding hydrogens is 325 g/mol. The molecule has 2 rings (SSSR count). The van der Waals surface area contributed by atoms with Crippen LogP contribution >= 0.6 is 0 Å². The zero-order chi connectivity index (χ0) is 17.9. The molecule has 3 nitrogen and oxygen atoms in total. The third-order valence-electron chi connectivity index (χ3n) is 4.41. The van der Waals surface area contributed by atoms with E-state index in [1.165, 1.54) is 12.1 Å². The minimum Gasteiger partial charge on any atom is -0.387 e. The Bertz CT molecular complexity index is 718. The predicted octanol–water partition coefficient (Wildman–Crippen LogP) is 3.60. The Kier molecular flexibility index (Phi) is 6.27. The van der Waals surface area contributed by atoms with Crippen molar-refractivity contribution in [2.45, 2.75) is 30.9 Å². The highest BCUT2D eigenvalue weighted by Gasteiger charge is 2.18. The predicted molar refractivity (Wildman–Crippen MR) is 95.9 cm³/mol. The first-order valence-electron chi connectivity index (χ1n) is 7.87. The van der Waals surface area contributed by atoms with Gasteiger partial charge < -0.3 is 5.11 Å². The first-order valence-corrected chi connectivity index (χ1v) is 9.43. The van der Waals surface area contributed by atoms with Crippen molar-refractivity contribution in [3.63, 3.8) is 0 Å². The van der Waals surface area contributed by atoms with Crippen LogP contribution in [0.5, 0.6) is 0 Å². The maximum absolute atomic E-state index is 13.2. The highest BCUT2D eigenvalue weighted by molar-refractivity contribution is 7.84. The van der Waals surface area contributed by atoms with Gasteiger partial charge in [0.25, 0.3) is 0 Å². The number of aliphatic hydroxyl groups excluding tert-OH is 1. The Hall–Kier alpha value is -1.56. The topological polar surface area (TPSA) is 40.5 Å². The van der Waals surface area contributed by atoms with Crippen molar-refractivity contribution >= 4 is 10.8 Å². The molecule has 130 valence electrons. The molecule has 2 aromatic rings. The summed E-state index contributed by atoms with van der Waals surface area (Å²) in [4.78, 5) is 2.85. The second-order valence-electron chi connectivity index (χ2n) is 6.16. The van der Waals surface area contributed by atoms with E-state index in [1.807, 2.05) is 36.2 Å². The number of halogens is 1. The van der Waals surface area contributed by atoms with Crippen LogP contribution in [-0.4, -0.2) is 34.1 Å². The number of nitrogens with zero attached hydrogens (tertiary/aromatic N) is 1. The van der Waals surface area contributed by atoms with Gasteiger partial charge in [0.2, 0.25) is 0 Å². The minimum atomic E-state index is -0.984. The van der Waals surface area contributed by atoms with Crippen molar-refractivity contribution in [3.8, 4) is 0 Å². The largest absolute Gasteiger partial charge is 0.387 e. The molecule has 24 heavy (non-hydrogen) atoms. The molecule has 0 radical (unpaired) electrons. The summed E-state index contributed by atoms with van der Waals surface area (Å²) in [5, 5.41) is 10.5. The van der Waals surface area contributed by atoms with Crippen LogP contribution in [-0.2, 0) is 10.8 Å². The lowest BCUT2D eigenvalue weighted by molar-refractivity contribution is 0.108. The summed E-state index contributed by atoms with van der Waals surface area (Å²) in [6.07, 6.45) is 0.979. The van der Waals surface area contributed by atoms with Crippen LogP contribution in [0, 0.1) is 12.7 Å². The number of likely N-dealkylation sites (N-methyl/N-ethyl adjacent to an activating group) is 1. The van der Waals surface area contributed by atoms with E-state index in [0.717, 1.165) is 21.6 Å². The summed E-state index contributed by atoms with van der Waals surface area (Å²) in [6, 6.07) is 12.2. The zero-order valence-electron chi connectivity index (χ0n) is 14.5. The fraction of sp³-hybridized carbons (Fsp3) is 0.368. The standard InChI is InChI=1S/C19H24FNO2S/c1-13-11-16(20)7-10-18(13)19(22)12-21(3)14(2)15-5-8-17(9-6-15)24(4)23/h5-11,14,19,22H,12H2,1-4H3. The molecule has 0 saturated carbocycles. The van der Waals surface area contributed by atoms with Crippen molar-refractivity contribution in [3.05, 3.63) is 65.0 Å². The molecule has 0 bridgehead atoms. The van der Waals surface area contributed by atoms with Crippen LogP contribution in [0.25, 0.3) is 0 Å². The lowest BCUT2D eigenvalue weighted by Gasteiger charge is -2.28. The minimum absolute atomic E-state index is 0.0970. The average molecular weight is 349 g/mol. The highest BCUT2D eigenvalue weighted by atomic mass is 32.2. The van der Waals surface area contributed by atoms with Gasteiger partial charge in [0.1, 0.15) is 5.82 Å². The SMILES string of the molecule is Cc1cc(F)ccc1C(O)CN(C)C(C)c1ccc(S(C)=O)cc1. The zero-order valence-corrected chi connectivity index (χ0v) is 15.3. The van der Waals surface area contributed by atoms with E-state index in [1.54, 1.807) is 19.2 Å². The van der Waals surface area contributed by atoms with E-state index >= 15 is 0 Å². The summed E-state index contributed by atoms with van der Waals surface area (Å²) in [6.45, 7) is 4.30. The molecule has 2 aromatic carbocycles. The third-order valence-corrected chi connectivity index (χ3v) is 5.34. The van der Waals surface area contributed by atoms with Crippen molar-refractivity contribution in [1.82, 2.24) is 4.90 Å². The summed E-state index contributed by atoms with van der Waals surface area (Å²) >= 11 is 0. The molecule has 3 unspecified atom stereocenters. The summed E-state index contributed by atoms with van der Waals surface area (Å²) < 4.78 is 24.7. The van der Waals surface area contributed by atoms with Crippen LogP contribution < -0.4 is 0 Å². The normalized spacial score (nSPS) is 15.3. The van der Waals surface area contributed by atoms with Crippen LogP contribution in [0.15, 0.2) is 47.4 Å². The van der Waals surface area contributed by atoms with E-state index in [9.17, 15) is 13.7 Å². The van der Waals surface area contributed by atoms with E-state index < -0.39 is 16.9 Å². The number of hydrogen-bond donors (Lipinski definition) is 1. The summed E-state index contributed by atoms with van der Waals surface area (Å²) in [5.41, 5.74) is 2.58. The molecule has 0 spiro atoms. The summed E-state index contributed by atoms with van der Waals surface area (Å²) in [7, 11) is 0.959. The number of hydrogen-bond acceptors (Lipinski definition) is 3. The van der Waals surface area contributed by atoms with E-state index in [4.69, 9.17) is 0 Å². The lowest BCUT2D eigenvalue weighted by atomic mass is 10.0. The number of aryl methyl sites for hydroxylation is 1. The first kappa shape index (κ1) is 18.8. The molecule has 0 amide bonds. The first-order chi connectivity index (χ1) is 11.3. The van der Waals surface area contributed by atoms with Crippen molar-refractivity contribution in [2.24, 2.45) is 0 Å². The second kappa shape index (κ2) is 8.01. The van der Waals surface area contributed by atoms with Gasteiger partial charge in [-0.1, -0.05) is 18.2 Å². The Morgan fingerprint density at radius 3 is 2.38 bits per heavy atom. The van der Waals surface area contributed by atoms with Crippen LogP contribution in [0.3, 0.4) is 0 Å². The van der Waals surface area contributed by atoms with Crippen LogP contribution in [0.1, 0.15) is 35.8 Å². The van der Waals surface area contributed by atoms with Gasteiger partial charge in [0.05, 0.1) is 6.10 Å². The smallest absolute Gasteiger partial charge is 0.123 e. The van der Waals surface area contributed by atoms with Crippen LogP contribution in [0.2, 0.25) is 0 Å². The molecule has 0 fully saturated rings. The third kappa shape index (κ3) is 4.50. The number of aliphatic hydroxyl groups is 1. The van der Waals surface area contributed by atoms with Gasteiger partial charge in [0.15, 0.2) is 0 Å². The van der Waals surface area contributed by atoms with Crippen molar-refractivity contribution in [1.29, 1.82) is 0 Å². The fourth-order valence-electron chi connectivity index (χ4n) is 2.73. The quantitative estimate of drug-likeness (QED) is 0.866. The van der Waals surface area contributed by atoms with E-state index in [-0.39, 0.29) is 11.9 Å². The monoisotopic (exact) mass is 349 g/mol. The number of benzene rings is 2. The molecule has 0 aliphatic heterocycles. The van der Waals surface area contributed by atoms with Gasteiger partial charge in [0, 0.05) is 34.5 Å². The molecule has 0 saturated heterocycles. The van der Waals surface area contributed by atoms with Gasteiger partial charge in [-0.2, -0.15) is 0 Å². The average Bonchev–Trinajstić information content (AvgIpc) is 2.53. The molecular formula is C19H24FNO2S. The maximum atomic E-state index is 13.2. The van der Waals surface area contributed by atoms with Gasteiger partial charge in [-0.05, 0) is 61.9 Å². The fourth-order valence-corrected chi connectivity index (χ4v) is 3.25. The van der Waals surface area contributed by atoms with Gasteiger partial charge in [-0.15, -0.1) is 0 Å². The maximum Gasteiger partial charge on any atom is 0.123 e. The Labute approximate surface area is 145 Å². The van der Waals surface area contributed by atoms with Gasteiger partial charge >= 0.3 is 0 Å². The molecule has 0 aliphatic carbocycles. The Morgan fingerprint density at radius 2 is 1.83 bits per heavy atom. The number of rotatable bonds is 6. The molecule has 0 aliphatic rings. The molecule has 5 heteroatoms.